The summed E-state index contributed by atoms with van der Waals surface area (Å²) in [6.07, 6.45) is -0.712. The number of ether oxygens (including phenoxy) is 1. The number of alkyl carbamates (subject to hydrolysis) is 1. The van der Waals surface area contributed by atoms with E-state index in [-0.39, 0.29) is 18.9 Å². The number of hydrogen-bond donors (Lipinski definition) is 4. The molecule has 1 aromatic carbocycles. The Hall–Kier alpha value is -1.45. The predicted molar refractivity (Wildman–Crippen MR) is 79.1 cm³/mol. The van der Waals surface area contributed by atoms with Crippen LogP contribution in [0.4, 0.5) is 10.5 Å². The van der Waals surface area contributed by atoms with Gasteiger partial charge in [0.1, 0.15) is 6.61 Å². The molecule has 0 saturated carbocycles. The third-order valence-electron chi connectivity index (χ3n) is 2.33. The summed E-state index contributed by atoms with van der Waals surface area (Å²) in [4.78, 5) is 21.4. The fourth-order valence-corrected chi connectivity index (χ4v) is 1.50. The van der Waals surface area contributed by atoms with Gasteiger partial charge in [-0.1, -0.05) is 0 Å². The highest BCUT2D eigenvalue weighted by Crippen LogP contribution is 2.12. The van der Waals surface area contributed by atoms with Gasteiger partial charge >= 0.3 is 6.09 Å². The van der Waals surface area contributed by atoms with Gasteiger partial charge in [0.2, 0.25) is 0 Å². The first-order valence-corrected chi connectivity index (χ1v) is 6.61. The molecule has 0 saturated heterocycles. The minimum absolute atomic E-state index is 0.0271. The topological polar surface area (TPSA) is 102 Å². The molecule has 1 rings (SSSR count). The average molecular weight is 318 g/mol. The molecular formula is C11H14N2O5S2. The van der Waals surface area contributed by atoms with E-state index in [4.69, 9.17) is 9.84 Å². The number of nitrogens with one attached hydrogen (secondary N) is 1. The molecule has 1 aromatic rings. The molecule has 0 aromatic heterocycles. The summed E-state index contributed by atoms with van der Waals surface area (Å²) in [6, 6.07) is 5.65. The number of nitro groups is 1. The van der Waals surface area contributed by atoms with Crippen molar-refractivity contribution < 1.29 is 19.6 Å². The second-order valence-corrected chi connectivity index (χ2v) is 5.06. The summed E-state index contributed by atoms with van der Waals surface area (Å²) >= 11 is 8.04. The molecule has 9 heteroatoms. The second kappa shape index (κ2) is 7.98. The van der Waals surface area contributed by atoms with Gasteiger partial charge in [0, 0.05) is 12.1 Å². The van der Waals surface area contributed by atoms with Gasteiger partial charge in [0.05, 0.1) is 22.2 Å². The predicted octanol–water partition coefficient (Wildman–Crippen LogP) is 1.37. The minimum atomic E-state index is -0.712. The number of non-ortho nitro benzene ring substituents is 1. The van der Waals surface area contributed by atoms with Gasteiger partial charge in [-0.2, -0.15) is 25.3 Å². The van der Waals surface area contributed by atoms with E-state index in [1.807, 2.05) is 0 Å². The van der Waals surface area contributed by atoms with E-state index in [1.165, 1.54) is 24.3 Å². The molecule has 0 aliphatic rings. The maximum atomic E-state index is 11.4. The van der Waals surface area contributed by atoms with Gasteiger partial charge in [-0.25, -0.2) is 4.79 Å². The lowest BCUT2D eigenvalue weighted by Crippen LogP contribution is -2.38. The van der Waals surface area contributed by atoms with Gasteiger partial charge in [-0.15, -0.1) is 0 Å². The number of aliphatic hydroxyl groups excluding tert-OH is 1. The largest absolute Gasteiger partial charge is 0.445 e. The van der Waals surface area contributed by atoms with Gasteiger partial charge in [0.25, 0.3) is 5.69 Å². The summed E-state index contributed by atoms with van der Waals surface area (Å²) in [5.41, 5.74) is 0.584. The van der Waals surface area contributed by atoms with Crippen LogP contribution >= 0.6 is 25.3 Å². The Morgan fingerprint density at radius 2 is 2.00 bits per heavy atom. The molecule has 20 heavy (non-hydrogen) atoms. The van der Waals surface area contributed by atoms with Crippen molar-refractivity contribution >= 4 is 37.0 Å². The summed E-state index contributed by atoms with van der Waals surface area (Å²) in [5, 5.41) is 20.5. The Kier molecular flexibility index (Phi) is 6.62. The first-order chi connectivity index (χ1) is 9.43. The lowest BCUT2D eigenvalue weighted by Gasteiger charge is -2.17. The zero-order valence-electron chi connectivity index (χ0n) is 10.3. The highest BCUT2D eigenvalue weighted by molar-refractivity contribution is 7.85. The summed E-state index contributed by atoms with van der Waals surface area (Å²) in [7, 11) is 0. The van der Waals surface area contributed by atoms with Crippen LogP contribution in [-0.4, -0.2) is 33.4 Å². The van der Waals surface area contributed by atoms with Crippen LogP contribution in [0.15, 0.2) is 24.3 Å². The molecule has 1 amide bonds. The Morgan fingerprint density at radius 1 is 1.40 bits per heavy atom. The number of amides is 1. The van der Waals surface area contributed by atoms with E-state index in [2.05, 4.69) is 30.6 Å². The normalized spacial score (nSPS) is 13.3. The molecule has 7 nitrogen and oxygen atoms in total. The van der Waals surface area contributed by atoms with E-state index < -0.39 is 21.6 Å². The van der Waals surface area contributed by atoms with Crippen LogP contribution in [0.3, 0.4) is 0 Å². The number of rotatable bonds is 6. The van der Waals surface area contributed by atoms with Gasteiger partial charge in [-0.05, 0) is 17.7 Å². The Balaban J connectivity index is 2.43. The van der Waals surface area contributed by atoms with E-state index in [1.54, 1.807) is 0 Å². The smallest absolute Gasteiger partial charge is 0.408 e. The van der Waals surface area contributed by atoms with Crippen molar-refractivity contribution in [3.8, 4) is 0 Å². The third kappa shape index (κ3) is 5.27. The monoisotopic (exact) mass is 318 g/mol. The van der Waals surface area contributed by atoms with E-state index >= 15 is 0 Å². The number of aliphatic hydroxyl groups is 1. The molecule has 0 radical (unpaired) electrons. The van der Waals surface area contributed by atoms with Crippen molar-refractivity contribution in [1.29, 1.82) is 0 Å². The Labute approximate surface area is 126 Å². The van der Waals surface area contributed by atoms with E-state index in [0.717, 1.165) is 0 Å². The fraction of sp³-hybridized carbons (Fsp3) is 0.364. The van der Waals surface area contributed by atoms with Crippen LogP contribution in [0.5, 0.6) is 0 Å². The fourth-order valence-electron chi connectivity index (χ4n) is 1.22. The zero-order chi connectivity index (χ0) is 15.1. The summed E-state index contributed by atoms with van der Waals surface area (Å²) in [5.74, 6) is 0. The lowest BCUT2D eigenvalue weighted by atomic mass is 10.2. The SMILES string of the molecule is O=C(NC(S)C(S)CO)OCc1ccc([N+](=O)[O-])cc1. The van der Waals surface area contributed by atoms with Crippen LogP contribution in [0.1, 0.15) is 5.56 Å². The van der Waals surface area contributed by atoms with Gasteiger partial charge in [-0.3, -0.25) is 10.1 Å². The van der Waals surface area contributed by atoms with Crippen molar-refractivity contribution in [2.45, 2.75) is 17.2 Å². The van der Waals surface area contributed by atoms with Crippen molar-refractivity contribution in [1.82, 2.24) is 5.32 Å². The Bertz CT molecular complexity index is 468. The number of nitrogens with zero attached hydrogens (tertiary/aromatic N) is 1. The highest BCUT2D eigenvalue weighted by atomic mass is 32.1. The number of hydrogen-bond acceptors (Lipinski definition) is 7. The minimum Gasteiger partial charge on any atom is -0.445 e. The van der Waals surface area contributed by atoms with Crippen molar-refractivity contribution in [3.63, 3.8) is 0 Å². The first-order valence-electron chi connectivity index (χ1n) is 5.57. The second-order valence-electron chi connectivity index (χ2n) is 3.84. The summed E-state index contributed by atoms with van der Waals surface area (Å²) < 4.78 is 4.91. The molecule has 2 atom stereocenters. The third-order valence-corrected chi connectivity index (χ3v) is 3.52. The van der Waals surface area contributed by atoms with Crippen LogP contribution in [0.25, 0.3) is 0 Å². The maximum Gasteiger partial charge on any atom is 0.408 e. The molecule has 110 valence electrons. The van der Waals surface area contributed by atoms with Gasteiger partial charge < -0.3 is 15.2 Å². The molecule has 0 aliphatic carbocycles. The first kappa shape index (κ1) is 16.6. The number of benzene rings is 1. The molecule has 2 N–H and O–H groups in total. The molecule has 2 unspecified atom stereocenters. The van der Waals surface area contributed by atoms with Crippen LogP contribution in [-0.2, 0) is 11.3 Å². The number of carbonyl (C=O) groups excluding carboxylic acids is 1. The van der Waals surface area contributed by atoms with Crippen molar-refractivity contribution in [2.24, 2.45) is 0 Å². The quantitative estimate of drug-likeness (QED) is 0.275. The highest BCUT2D eigenvalue weighted by Gasteiger charge is 2.16. The standard InChI is InChI=1S/C11H14N2O5S2/c14-5-9(19)10(20)12-11(15)18-6-7-1-3-8(4-2-7)13(16)17/h1-4,9-10,14,19-20H,5-6H2,(H,12,15). The number of thiol groups is 2. The zero-order valence-corrected chi connectivity index (χ0v) is 12.1. The number of carbonyl (C=O) groups is 1. The maximum absolute atomic E-state index is 11.4. The molecule has 0 bridgehead atoms. The molecule has 0 spiro atoms. The van der Waals surface area contributed by atoms with Crippen LogP contribution < -0.4 is 5.32 Å². The van der Waals surface area contributed by atoms with Crippen molar-refractivity contribution in [2.75, 3.05) is 6.61 Å². The van der Waals surface area contributed by atoms with Crippen LogP contribution in [0, 0.1) is 10.1 Å². The van der Waals surface area contributed by atoms with Crippen LogP contribution in [0.2, 0.25) is 0 Å². The lowest BCUT2D eigenvalue weighted by molar-refractivity contribution is -0.384. The van der Waals surface area contributed by atoms with E-state index in [0.29, 0.717) is 5.56 Å². The molecule has 0 heterocycles. The molecular weight excluding hydrogens is 304 g/mol. The van der Waals surface area contributed by atoms with E-state index in [9.17, 15) is 14.9 Å². The number of nitro benzene ring substituents is 1. The summed E-state index contributed by atoms with van der Waals surface area (Å²) in [6.45, 7) is -0.263. The van der Waals surface area contributed by atoms with Crippen molar-refractivity contribution in [3.05, 3.63) is 39.9 Å². The molecule has 0 fully saturated rings. The Morgan fingerprint density at radius 3 is 2.50 bits per heavy atom. The molecule has 0 aliphatic heterocycles. The average Bonchev–Trinajstić information content (AvgIpc) is 2.44. The van der Waals surface area contributed by atoms with Gasteiger partial charge in [0.15, 0.2) is 0 Å².